The van der Waals surface area contributed by atoms with E-state index in [0.717, 1.165) is 11.1 Å². The minimum absolute atomic E-state index is 0.00515. The van der Waals surface area contributed by atoms with Gasteiger partial charge in [-0.3, -0.25) is 9.59 Å². The first-order valence-electron chi connectivity index (χ1n) is 15.6. The van der Waals surface area contributed by atoms with Gasteiger partial charge in [-0.25, -0.2) is 0 Å². The van der Waals surface area contributed by atoms with E-state index in [1.54, 1.807) is 13.2 Å². The molecule has 0 aliphatic carbocycles. The number of hydrogen-bond donors (Lipinski definition) is 2. The summed E-state index contributed by atoms with van der Waals surface area (Å²) in [4.78, 5) is 25.0. The van der Waals surface area contributed by atoms with Gasteiger partial charge in [-0.15, -0.1) is 0 Å². The zero-order valence-electron chi connectivity index (χ0n) is 27.3. The second-order valence-corrected chi connectivity index (χ2v) is 12.3. The zero-order chi connectivity index (χ0) is 32.2. The maximum atomic E-state index is 12.9. The van der Waals surface area contributed by atoms with E-state index in [4.69, 9.17) is 18.9 Å². The molecule has 2 aliphatic rings. The lowest BCUT2D eigenvalue weighted by molar-refractivity contribution is -0.182. The molecule has 1 fully saturated rings. The predicted molar refractivity (Wildman–Crippen MR) is 168 cm³/mol. The van der Waals surface area contributed by atoms with E-state index < -0.39 is 17.8 Å². The maximum absolute atomic E-state index is 12.9. The molecular formula is C35H54O8. The van der Waals surface area contributed by atoms with Gasteiger partial charge < -0.3 is 29.2 Å². The van der Waals surface area contributed by atoms with E-state index in [2.05, 4.69) is 6.92 Å². The number of esters is 2. The normalized spacial score (nSPS) is 38.2. The van der Waals surface area contributed by atoms with Crippen molar-refractivity contribution in [1.29, 1.82) is 0 Å². The molecule has 2 aliphatic heterocycles. The van der Waals surface area contributed by atoms with E-state index in [-0.39, 0.29) is 67.5 Å². The topological polar surface area (TPSA) is 112 Å². The highest BCUT2D eigenvalue weighted by molar-refractivity contribution is 5.72. The molecule has 2 rings (SSSR count). The van der Waals surface area contributed by atoms with Crippen LogP contribution in [-0.4, -0.2) is 66.1 Å². The third kappa shape index (κ3) is 10.9. The van der Waals surface area contributed by atoms with Crippen molar-refractivity contribution in [3.8, 4) is 0 Å². The molecule has 43 heavy (non-hydrogen) atoms. The van der Waals surface area contributed by atoms with Gasteiger partial charge >= 0.3 is 11.9 Å². The number of cyclic esters (lactones) is 2. The molecule has 0 unspecified atom stereocenters. The summed E-state index contributed by atoms with van der Waals surface area (Å²) in [5.74, 6) is -1.16. The molecule has 0 radical (unpaired) electrons. The van der Waals surface area contributed by atoms with Gasteiger partial charge in [0.1, 0.15) is 19.0 Å². The number of carbonyl (C=O) groups is 2. The van der Waals surface area contributed by atoms with E-state index >= 15 is 0 Å². The molecule has 0 spiro atoms. The molecule has 2 N–H and O–H groups in total. The van der Waals surface area contributed by atoms with Gasteiger partial charge in [0.2, 0.25) is 0 Å². The minimum atomic E-state index is -1.16. The summed E-state index contributed by atoms with van der Waals surface area (Å²) in [7, 11) is 1.57. The van der Waals surface area contributed by atoms with Crippen LogP contribution in [0.15, 0.2) is 59.8 Å². The summed E-state index contributed by atoms with van der Waals surface area (Å²) >= 11 is 0. The second-order valence-electron chi connectivity index (χ2n) is 12.3. The molecule has 242 valence electrons. The molecule has 2 heterocycles. The van der Waals surface area contributed by atoms with Crippen LogP contribution in [0.2, 0.25) is 0 Å². The Morgan fingerprint density at radius 1 is 1.12 bits per heavy atom. The Bertz CT molecular complexity index is 1060. The molecule has 0 aromatic carbocycles. The lowest BCUT2D eigenvalue weighted by Crippen LogP contribution is -2.50. The summed E-state index contributed by atoms with van der Waals surface area (Å²) < 4.78 is 22.5. The predicted octanol–water partition coefficient (Wildman–Crippen LogP) is 5.99. The molecule has 0 aromatic heterocycles. The average molecular weight is 603 g/mol. The van der Waals surface area contributed by atoms with Gasteiger partial charge in [0.25, 0.3) is 0 Å². The first kappa shape index (κ1) is 36.7. The van der Waals surface area contributed by atoms with Crippen LogP contribution in [0.1, 0.15) is 80.6 Å². The van der Waals surface area contributed by atoms with Crippen LogP contribution in [-0.2, 0) is 28.5 Å². The highest BCUT2D eigenvalue weighted by Gasteiger charge is 2.45. The highest BCUT2D eigenvalue weighted by Crippen LogP contribution is 2.36. The fraction of sp³-hybridized carbons (Fsp3) is 0.657. The fourth-order valence-electron chi connectivity index (χ4n) is 5.82. The Morgan fingerprint density at radius 2 is 1.81 bits per heavy atom. The first-order chi connectivity index (χ1) is 20.3. The first-order valence-corrected chi connectivity index (χ1v) is 15.6. The van der Waals surface area contributed by atoms with Crippen molar-refractivity contribution in [2.45, 2.75) is 111 Å². The van der Waals surface area contributed by atoms with Gasteiger partial charge in [-0.05, 0) is 38.7 Å². The Morgan fingerprint density at radius 3 is 2.49 bits per heavy atom. The Kier molecular flexibility index (Phi) is 15.1. The number of ether oxygens (including phenoxy) is 4. The monoisotopic (exact) mass is 602 g/mol. The molecule has 8 heteroatoms. The lowest BCUT2D eigenvalue weighted by Gasteiger charge is -2.41. The summed E-state index contributed by atoms with van der Waals surface area (Å²) in [6.07, 6.45) is 14.9. The van der Waals surface area contributed by atoms with Crippen molar-refractivity contribution in [2.75, 3.05) is 13.9 Å². The molecule has 0 bridgehead atoms. The smallest absolute Gasteiger partial charge is 0.309 e. The van der Waals surface area contributed by atoms with E-state index in [1.807, 2.05) is 84.1 Å². The molecular weight excluding hydrogens is 548 g/mol. The number of aliphatic hydroxyl groups excluding tert-OH is 1. The van der Waals surface area contributed by atoms with Crippen LogP contribution in [0.25, 0.3) is 0 Å². The average Bonchev–Trinajstić information content (AvgIpc) is 2.97. The van der Waals surface area contributed by atoms with Crippen molar-refractivity contribution in [3.63, 3.8) is 0 Å². The lowest BCUT2D eigenvalue weighted by atomic mass is 9.77. The van der Waals surface area contributed by atoms with Gasteiger partial charge in [-0.1, -0.05) is 88.8 Å². The van der Waals surface area contributed by atoms with E-state index in [1.165, 1.54) is 0 Å². The Balaban J connectivity index is 2.25. The number of carbonyl (C=O) groups excluding carboxylic acids is 2. The quantitative estimate of drug-likeness (QED) is 0.151. The van der Waals surface area contributed by atoms with Crippen LogP contribution in [0.5, 0.6) is 0 Å². The number of allylic oxidation sites excluding steroid dienone is 5. The van der Waals surface area contributed by atoms with Crippen LogP contribution in [0, 0.1) is 23.7 Å². The van der Waals surface area contributed by atoms with Crippen LogP contribution < -0.4 is 0 Å². The van der Waals surface area contributed by atoms with Gasteiger partial charge in [0, 0.05) is 37.2 Å². The van der Waals surface area contributed by atoms with Crippen molar-refractivity contribution in [3.05, 3.63) is 59.8 Å². The van der Waals surface area contributed by atoms with Crippen molar-refractivity contribution in [1.82, 2.24) is 0 Å². The Labute approximate surface area is 258 Å². The molecule has 0 aromatic rings. The second kappa shape index (κ2) is 17.7. The number of methoxy groups -OCH3 is 1. The third-order valence-electron chi connectivity index (χ3n) is 8.99. The van der Waals surface area contributed by atoms with Gasteiger partial charge in [-0.2, -0.15) is 0 Å². The summed E-state index contributed by atoms with van der Waals surface area (Å²) in [6.45, 7) is 13.9. The molecule has 0 amide bonds. The number of rotatable bonds is 8. The van der Waals surface area contributed by atoms with Gasteiger partial charge in [0.15, 0.2) is 0 Å². The van der Waals surface area contributed by atoms with E-state index in [0.29, 0.717) is 19.3 Å². The standard InChI is InChI=1S/C35H54O8/c1-9-30-28(7)35(39,21-32(38)42-30)20-13-12-16-25(4)33-24(3)15-10-11-18-29(36)27(6)34(41-22-40-8)26(5)23(2)17-14-19-31(37)43-33/h10-13,15-18,24,26-30,33-34,36,39H,9,14,19-22H2,1-8H3/b13-12+,15-10-,18-11-,23-17+,25-16+/t24-,26+,27+,28-,29-,30-,33-,34-,35-/m0/s1. The maximum Gasteiger partial charge on any atom is 0.309 e. The SMILES string of the molecule is CC[C@@H]1OC(=O)C[C@@](O)(C/C=C/C=C(\C)[C@H]2OC(=O)CC/C=C(\C)[C@@H](C)[C@H](OCOC)[C@H](C)[C@@H](O)/C=C\C=C/[C@@H]2C)[C@H]1C. The van der Waals surface area contributed by atoms with Crippen molar-refractivity contribution >= 4 is 11.9 Å². The van der Waals surface area contributed by atoms with Crippen LogP contribution >= 0.6 is 0 Å². The van der Waals surface area contributed by atoms with Crippen LogP contribution in [0.3, 0.4) is 0 Å². The molecule has 9 atom stereocenters. The Hall–Kier alpha value is -2.52. The minimum Gasteiger partial charge on any atom is -0.462 e. The molecule has 0 saturated carbocycles. The summed E-state index contributed by atoms with van der Waals surface area (Å²) in [6, 6.07) is 0. The van der Waals surface area contributed by atoms with Crippen LogP contribution in [0.4, 0.5) is 0 Å². The van der Waals surface area contributed by atoms with Gasteiger partial charge in [0.05, 0.1) is 24.2 Å². The fourth-order valence-corrected chi connectivity index (χ4v) is 5.82. The molecule has 1 saturated heterocycles. The van der Waals surface area contributed by atoms with Crippen molar-refractivity contribution < 1.29 is 38.7 Å². The summed E-state index contributed by atoms with van der Waals surface area (Å²) in [5, 5.41) is 22.1. The van der Waals surface area contributed by atoms with E-state index in [9.17, 15) is 19.8 Å². The third-order valence-corrected chi connectivity index (χ3v) is 8.99. The number of hydrogen-bond acceptors (Lipinski definition) is 8. The highest BCUT2D eigenvalue weighted by atomic mass is 16.7. The largest absolute Gasteiger partial charge is 0.462 e. The molecule has 8 nitrogen and oxygen atoms in total. The van der Waals surface area contributed by atoms with Crippen molar-refractivity contribution in [2.24, 2.45) is 23.7 Å². The summed E-state index contributed by atoms with van der Waals surface area (Å²) in [5.41, 5.74) is 0.766. The number of aliphatic hydroxyl groups is 2. The zero-order valence-corrected chi connectivity index (χ0v) is 27.3.